The number of benzene rings is 1. The Morgan fingerprint density at radius 3 is 2.75 bits per heavy atom. The van der Waals surface area contributed by atoms with Gasteiger partial charge >= 0.3 is 0 Å². The van der Waals surface area contributed by atoms with E-state index in [1.165, 1.54) is 0 Å². The highest BCUT2D eigenvalue weighted by molar-refractivity contribution is 9.10. The molecule has 0 radical (unpaired) electrons. The second kappa shape index (κ2) is 4.09. The van der Waals surface area contributed by atoms with Crippen molar-refractivity contribution in [2.24, 2.45) is 0 Å². The van der Waals surface area contributed by atoms with Crippen molar-refractivity contribution in [3.8, 4) is 0 Å². The lowest BCUT2D eigenvalue weighted by atomic mass is 9.88. The first-order chi connectivity index (χ1) is 7.41. The highest BCUT2D eigenvalue weighted by Gasteiger charge is 2.30. The molecular weight excluding hydrogens is 286 g/mol. The average Bonchev–Trinajstić information content (AvgIpc) is 2.60. The molecule has 1 aromatic heterocycles. The molecule has 16 heavy (non-hydrogen) atoms. The van der Waals surface area contributed by atoms with Gasteiger partial charge in [-0.2, -0.15) is 0 Å². The van der Waals surface area contributed by atoms with Crippen LogP contribution in [0.15, 0.2) is 22.7 Å². The Morgan fingerprint density at radius 1 is 1.44 bits per heavy atom. The summed E-state index contributed by atoms with van der Waals surface area (Å²) in [5.74, 6) is 0. The first-order valence-electron chi connectivity index (χ1n) is 5.16. The Hall–Kier alpha value is -0.450. The summed E-state index contributed by atoms with van der Waals surface area (Å²) in [5.41, 5.74) is 0.702. The van der Waals surface area contributed by atoms with E-state index in [2.05, 4.69) is 27.0 Å². The maximum Gasteiger partial charge on any atom is 0.102 e. The number of hydrogen-bond donors (Lipinski definition) is 1. The quantitative estimate of drug-likeness (QED) is 0.917. The summed E-state index contributed by atoms with van der Waals surface area (Å²) < 4.78 is 2.21. The smallest absolute Gasteiger partial charge is 0.102 e. The lowest BCUT2D eigenvalue weighted by Gasteiger charge is -2.24. The van der Waals surface area contributed by atoms with Gasteiger partial charge in [0.2, 0.25) is 0 Å². The summed E-state index contributed by atoms with van der Waals surface area (Å²) in [4.78, 5) is 4.58. The number of rotatable bonds is 2. The Bertz CT molecular complexity index is 519. The van der Waals surface area contributed by atoms with Crippen LogP contribution in [0.5, 0.6) is 0 Å². The number of aliphatic hydroxyl groups excluding tert-OH is 1. The van der Waals surface area contributed by atoms with Gasteiger partial charge in [0.05, 0.1) is 16.3 Å². The SMILES string of the molecule is CC(O)C(C)(C)c1nc2ccc(Br)cc2s1. The van der Waals surface area contributed by atoms with Gasteiger partial charge in [0, 0.05) is 9.89 Å². The van der Waals surface area contributed by atoms with Crippen LogP contribution in [0.25, 0.3) is 10.2 Å². The van der Waals surface area contributed by atoms with Gasteiger partial charge in [0.25, 0.3) is 0 Å². The van der Waals surface area contributed by atoms with Gasteiger partial charge in [0.15, 0.2) is 0 Å². The van der Waals surface area contributed by atoms with Crippen molar-refractivity contribution in [2.75, 3.05) is 0 Å². The van der Waals surface area contributed by atoms with Crippen LogP contribution in [0.1, 0.15) is 25.8 Å². The largest absolute Gasteiger partial charge is 0.392 e. The van der Waals surface area contributed by atoms with Gasteiger partial charge in [-0.1, -0.05) is 29.8 Å². The van der Waals surface area contributed by atoms with Crippen molar-refractivity contribution in [1.82, 2.24) is 4.98 Å². The summed E-state index contributed by atoms with van der Waals surface area (Å²) in [5, 5.41) is 10.8. The molecule has 2 aromatic rings. The summed E-state index contributed by atoms with van der Waals surface area (Å²) in [6.45, 7) is 5.84. The molecule has 86 valence electrons. The van der Waals surface area contributed by atoms with E-state index in [1.54, 1.807) is 11.3 Å². The van der Waals surface area contributed by atoms with Crippen LogP contribution in [0.3, 0.4) is 0 Å². The van der Waals surface area contributed by atoms with Crippen molar-refractivity contribution >= 4 is 37.5 Å². The highest BCUT2D eigenvalue weighted by atomic mass is 79.9. The second-order valence-corrected chi connectivity index (χ2v) is 6.48. The van der Waals surface area contributed by atoms with Crippen molar-refractivity contribution in [2.45, 2.75) is 32.3 Å². The molecule has 0 aliphatic heterocycles. The van der Waals surface area contributed by atoms with Crippen LogP contribution in [-0.4, -0.2) is 16.2 Å². The number of hydrogen-bond acceptors (Lipinski definition) is 3. The number of aliphatic hydroxyl groups is 1. The minimum absolute atomic E-state index is 0.295. The third kappa shape index (κ3) is 2.01. The van der Waals surface area contributed by atoms with Crippen LogP contribution in [0, 0.1) is 0 Å². The van der Waals surface area contributed by atoms with E-state index in [9.17, 15) is 5.11 Å². The highest BCUT2D eigenvalue weighted by Crippen LogP contribution is 2.34. The minimum Gasteiger partial charge on any atom is -0.392 e. The lowest BCUT2D eigenvalue weighted by Crippen LogP contribution is -2.30. The Morgan fingerprint density at radius 2 is 2.12 bits per heavy atom. The van der Waals surface area contributed by atoms with Crippen LogP contribution in [0.2, 0.25) is 0 Å². The fraction of sp³-hybridized carbons (Fsp3) is 0.417. The molecule has 0 saturated heterocycles. The molecule has 1 unspecified atom stereocenters. The van der Waals surface area contributed by atoms with Crippen LogP contribution < -0.4 is 0 Å². The van der Waals surface area contributed by atoms with Gasteiger partial charge < -0.3 is 5.11 Å². The zero-order valence-corrected chi connectivity index (χ0v) is 11.9. The van der Waals surface area contributed by atoms with Crippen molar-refractivity contribution in [3.63, 3.8) is 0 Å². The predicted molar refractivity (Wildman–Crippen MR) is 72.0 cm³/mol. The van der Waals surface area contributed by atoms with Gasteiger partial charge in [-0.15, -0.1) is 11.3 Å². The number of fused-ring (bicyclic) bond motifs is 1. The van der Waals surface area contributed by atoms with E-state index in [-0.39, 0.29) is 5.41 Å². The summed E-state index contributed by atoms with van der Waals surface area (Å²) >= 11 is 5.10. The fourth-order valence-electron chi connectivity index (χ4n) is 1.35. The van der Waals surface area contributed by atoms with Gasteiger partial charge in [0.1, 0.15) is 5.01 Å². The van der Waals surface area contributed by atoms with E-state index in [1.807, 2.05) is 32.9 Å². The summed E-state index contributed by atoms with van der Waals surface area (Å²) in [7, 11) is 0. The van der Waals surface area contributed by atoms with Gasteiger partial charge in [-0.25, -0.2) is 4.98 Å². The molecule has 0 amide bonds. The molecule has 4 heteroatoms. The maximum atomic E-state index is 9.77. The Kier molecular flexibility index (Phi) is 3.07. The molecule has 0 saturated carbocycles. The molecule has 2 nitrogen and oxygen atoms in total. The third-order valence-corrected chi connectivity index (χ3v) is 4.80. The number of halogens is 1. The molecule has 0 bridgehead atoms. The minimum atomic E-state index is -0.406. The Labute approximate surface area is 107 Å². The first kappa shape index (κ1) is 12.0. The number of thiazole rings is 1. The third-order valence-electron chi connectivity index (χ3n) is 2.95. The van der Waals surface area contributed by atoms with Gasteiger partial charge in [-0.05, 0) is 25.1 Å². The zero-order valence-electron chi connectivity index (χ0n) is 9.49. The van der Waals surface area contributed by atoms with Crippen molar-refractivity contribution in [1.29, 1.82) is 0 Å². The molecule has 1 aromatic carbocycles. The first-order valence-corrected chi connectivity index (χ1v) is 6.77. The summed E-state index contributed by atoms with van der Waals surface area (Å²) in [6, 6.07) is 6.05. The summed E-state index contributed by atoms with van der Waals surface area (Å²) in [6.07, 6.45) is -0.406. The van der Waals surface area contributed by atoms with Gasteiger partial charge in [-0.3, -0.25) is 0 Å². The molecule has 0 aliphatic carbocycles. The molecule has 1 heterocycles. The van der Waals surface area contributed by atoms with E-state index in [4.69, 9.17) is 0 Å². The molecule has 1 atom stereocenters. The molecule has 2 rings (SSSR count). The Balaban J connectivity index is 2.55. The maximum absolute atomic E-state index is 9.77. The second-order valence-electron chi connectivity index (χ2n) is 4.53. The molecule has 0 spiro atoms. The number of nitrogens with zero attached hydrogens (tertiary/aromatic N) is 1. The van der Waals surface area contributed by atoms with E-state index < -0.39 is 6.10 Å². The average molecular weight is 300 g/mol. The van der Waals surface area contributed by atoms with Crippen molar-refractivity contribution < 1.29 is 5.11 Å². The normalized spacial score (nSPS) is 14.3. The standard InChI is InChI=1S/C12H14BrNOS/c1-7(15)12(2,3)11-14-9-5-4-8(13)6-10(9)16-11/h4-7,15H,1-3H3. The molecule has 0 aliphatic rings. The fourth-order valence-corrected chi connectivity index (χ4v) is 3.06. The van der Waals surface area contributed by atoms with Crippen LogP contribution >= 0.6 is 27.3 Å². The van der Waals surface area contributed by atoms with Crippen molar-refractivity contribution in [3.05, 3.63) is 27.7 Å². The van der Waals surface area contributed by atoms with E-state index >= 15 is 0 Å². The lowest BCUT2D eigenvalue weighted by molar-refractivity contribution is 0.118. The zero-order chi connectivity index (χ0) is 11.9. The molecule has 1 N–H and O–H groups in total. The van der Waals surface area contributed by atoms with Crippen LogP contribution in [-0.2, 0) is 5.41 Å². The predicted octanol–water partition coefficient (Wildman–Crippen LogP) is 3.72. The topological polar surface area (TPSA) is 33.1 Å². The van der Waals surface area contributed by atoms with E-state index in [0.717, 1.165) is 19.7 Å². The number of aromatic nitrogens is 1. The van der Waals surface area contributed by atoms with E-state index in [0.29, 0.717) is 0 Å². The molecular formula is C12H14BrNOS. The van der Waals surface area contributed by atoms with Crippen LogP contribution in [0.4, 0.5) is 0 Å². The molecule has 0 fully saturated rings. The monoisotopic (exact) mass is 299 g/mol.